The van der Waals surface area contributed by atoms with E-state index in [0.29, 0.717) is 26.2 Å². The molecule has 0 radical (unpaired) electrons. The molecule has 0 aliphatic carbocycles. The number of aromatic nitrogens is 2. The highest BCUT2D eigenvalue weighted by Crippen LogP contribution is 2.29. The van der Waals surface area contributed by atoms with Crippen LogP contribution in [0.25, 0.3) is 0 Å². The van der Waals surface area contributed by atoms with Gasteiger partial charge in [0.05, 0.1) is 0 Å². The molecule has 1 aromatic rings. The van der Waals surface area contributed by atoms with Gasteiger partial charge in [0.1, 0.15) is 12.4 Å². The first-order valence-electron chi connectivity index (χ1n) is 9.03. The second-order valence-corrected chi connectivity index (χ2v) is 8.83. The van der Waals surface area contributed by atoms with Gasteiger partial charge in [-0.1, -0.05) is 12.8 Å². The lowest BCUT2D eigenvalue weighted by atomic mass is 9.99. The van der Waals surface area contributed by atoms with E-state index in [1.165, 1.54) is 0 Å². The summed E-state index contributed by atoms with van der Waals surface area (Å²) in [5.41, 5.74) is 5.29. The van der Waals surface area contributed by atoms with Gasteiger partial charge in [-0.2, -0.15) is 17.0 Å². The van der Waals surface area contributed by atoms with E-state index < -0.39 is 16.1 Å². The van der Waals surface area contributed by atoms with Crippen molar-refractivity contribution in [1.82, 2.24) is 18.2 Å². The van der Waals surface area contributed by atoms with Crippen LogP contribution in [0.2, 0.25) is 0 Å². The van der Waals surface area contributed by atoms with Crippen LogP contribution in [0.15, 0.2) is 12.4 Å². The lowest BCUT2D eigenvalue weighted by molar-refractivity contribution is -0.118. The largest absolute Gasteiger partial charge is 0.368 e. The number of piperidine rings is 1. The fraction of sp³-hybridized carbons (Fsp3) is 0.750. The van der Waals surface area contributed by atoms with Gasteiger partial charge in [-0.15, -0.1) is 0 Å². The monoisotopic (exact) mass is 369 g/mol. The highest BCUT2D eigenvalue weighted by Gasteiger charge is 2.35. The molecule has 1 unspecified atom stereocenters. The molecular formula is C16H27N5O3S. The number of hydrogen-bond donors (Lipinski definition) is 1. The maximum Gasteiger partial charge on any atom is 0.281 e. The molecule has 0 aromatic carbocycles. The Balaban J connectivity index is 1.74. The SMILES string of the molecule is NC(=O)Cn1ccnc1C1CCCN(S(=O)(=O)N2CCCCCC2)C1. The van der Waals surface area contributed by atoms with Gasteiger partial charge in [0.2, 0.25) is 5.91 Å². The maximum absolute atomic E-state index is 13.0. The van der Waals surface area contributed by atoms with E-state index in [9.17, 15) is 13.2 Å². The summed E-state index contributed by atoms with van der Waals surface area (Å²) >= 11 is 0. The molecule has 1 aromatic heterocycles. The summed E-state index contributed by atoms with van der Waals surface area (Å²) in [5.74, 6) is 0.309. The average Bonchev–Trinajstić information content (AvgIpc) is 2.85. The van der Waals surface area contributed by atoms with Crippen LogP contribution in [0.5, 0.6) is 0 Å². The van der Waals surface area contributed by atoms with E-state index in [4.69, 9.17) is 5.73 Å². The number of hydrogen-bond acceptors (Lipinski definition) is 4. The number of carbonyl (C=O) groups is 1. The summed E-state index contributed by atoms with van der Waals surface area (Å²) in [6.07, 6.45) is 9.07. The average molecular weight is 369 g/mol. The van der Waals surface area contributed by atoms with Crippen LogP contribution < -0.4 is 5.73 Å². The zero-order valence-corrected chi connectivity index (χ0v) is 15.3. The van der Waals surface area contributed by atoms with E-state index >= 15 is 0 Å². The van der Waals surface area contributed by atoms with E-state index in [-0.39, 0.29) is 12.5 Å². The van der Waals surface area contributed by atoms with Crippen molar-refractivity contribution in [2.45, 2.75) is 51.0 Å². The molecule has 0 bridgehead atoms. The van der Waals surface area contributed by atoms with Gasteiger partial charge >= 0.3 is 0 Å². The summed E-state index contributed by atoms with van der Waals surface area (Å²) in [4.78, 5) is 15.6. The Morgan fingerprint density at radius 2 is 1.80 bits per heavy atom. The molecule has 8 nitrogen and oxygen atoms in total. The Morgan fingerprint density at radius 3 is 2.48 bits per heavy atom. The van der Waals surface area contributed by atoms with Crippen LogP contribution in [-0.4, -0.2) is 58.7 Å². The van der Waals surface area contributed by atoms with Gasteiger partial charge in [-0.25, -0.2) is 4.98 Å². The van der Waals surface area contributed by atoms with Crippen LogP contribution in [0, 0.1) is 0 Å². The molecule has 0 saturated carbocycles. The molecule has 2 N–H and O–H groups in total. The van der Waals surface area contributed by atoms with Gasteiger partial charge < -0.3 is 10.3 Å². The lowest BCUT2D eigenvalue weighted by Gasteiger charge is -2.35. The fourth-order valence-electron chi connectivity index (χ4n) is 3.78. The predicted molar refractivity (Wildman–Crippen MR) is 93.9 cm³/mol. The number of nitrogens with two attached hydrogens (primary N) is 1. The Kier molecular flexibility index (Phi) is 5.75. The molecule has 2 saturated heterocycles. The Hall–Kier alpha value is -1.45. The molecule has 1 atom stereocenters. The van der Waals surface area contributed by atoms with Crippen LogP contribution in [0.4, 0.5) is 0 Å². The van der Waals surface area contributed by atoms with Gasteiger partial charge in [-0.3, -0.25) is 4.79 Å². The molecule has 9 heteroatoms. The molecule has 2 aliphatic heterocycles. The van der Waals surface area contributed by atoms with E-state index in [0.717, 1.165) is 44.3 Å². The van der Waals surface area contributed by atoms with Crippen molar-refractivity contribution in [3.8, 4) is 0 Å². The summed E-state index contributed by atoms with van der Waals surface area (Å²) in [5, 5.41) is 0. The Labute approximate surface area is 149 Å². The molecular weight excluding hydrogens is 342 g/mol. The van der Waals surface area contributed by atoms with Crippen molar-refractivity contribution in [2.75, 3.05) is 26.2 Å². The van der Waals surface area contributed by atoms with E-state index in [1.807, 2.05) is 0 Å². The first kappa shape index (κ1) is 18.3. The number of amides is 1. The summed E-state index contributed by atoms with van der Waals surface area (Å²) in [6.45, 7) is 2.25. The van der Waals surface area contributed by atoms with Crippen molar-refractivity contribution >= 4 is 16.1 Å². The first-order chi connectivity index (χ1) is 12.0. The summed E-state index contributed by atoms with van der Waals surface area (Å²) in [7, 11) is -3.43. The minimum atomic E-state index is -3.43. The molecule has 3 heterocycles. The normalized spacial score (nSPS) is 24.1. The number of imidazole rings is 1. The molecule has 140 valence electrons. The lowest BCUT2D eigenvalue weighted by Crippen LogP contribution is -2.48. The highest BCUT2D eigenvalue weighted by atomic mass is 32.2. The Morgan fingerprint density at radius 1 is 1.12 bits per heavy atom. The van der Waals surface area contributed by atoms with Crippen LogP contribution in [-0.2, 0) is 21.5 Å². The predicted octanol–water partition coefficient (Wildman–Crippen LogP) is 0.669. The minimum absolute atomic E-state index is 0.00940. The number of rotatable bonds is 5. The summed E-state index contributed by atoms with van der Waals surface area (Å²) < 4.78 is 31.0. The van der Waals surface area contributed by atoms with E-state index in [1.54, 1.807) is 25.6 Å². The molecule has 25 heavy (non-hydrogen) atoms. The number of carbonyl (C=O) groups excluding carboxylic acids is 1. The maximum atomic E-state index is 13.0. The molecule has 0 spiro atoms. The van der Waals surface area contributed by atoms with Crippen LogP contribution >= 0.6 is 0 Å². The van der Waals surface area contributed by atoms with Gasteiger partial charge in [0.25, 0.3) is 10.2 Å². The third-order valence-electron chi connectivity index (χ3n) is 5.04. The number of primary amides is 1. The van der Waals surface area contributed by atoms with Crippen LogP contribution in [0.1, 0.15) is 50.3 Å². The smallest absolute Gasteiger partial charge is 0.281 e. The van der Waals surface area contributed by atoms with Crippen molar-refractivity contribution in [2.24, 2.45) is 5.73 Å². The molecule has 2 fully saturated rings. The van der Waals surface area contributed by atoms with Gasteiger partial charge in [-0.05, 0) is 25.7 Å². The third-order valence-corrected chi connectivity index (χ3v) is 7.04. The first-order valence-corrected chi connectivity index (χ1v) is 10.4. The second-order valence-electron chi connectivity index (χ2n) is 6.90. The fourth-order valence-corrected chi connectivity index (χ4v) is 5.56. The van der Waals surface area contributed by atoms with Crippen molar-refractivity contribution in [3.63, 3.8) is 0 Å². The second kappa shape index (κ2) is 7.84. The van der Waals surface area contributed by atoms with E-state index in [2.05, 4.69) is 4.98 Å². The quantitative estimate of drug-likeness (QED) is 0.824. The van der Waals surface area contributed by atoms with Gasteiger partial charge in [0, 0.05) is 44.5 Å². The molecule has 1 amide bonds. The highest BCUT2D eigenvalue weighted by molar-refractivity contribution is 7.86. The third kappa shape index (κ3) is 4.21. The van der Waals surface area contributed by atoms with Gasteiger partial charge in [0.15, 0.2) is 0 Å². The molecule has 3 rings (SSSR count). The standard InChI is InChI=1S/C16H27N5O3S/c17-15(22)13-19-11-7-18-16(19)14-6-5-10-21(12-14)25(23,24)20-8-3-1-2-4-9-20/h7,11,14H,1-6,8-10,12-13H2,(H2,17,22). The zero-order chi connectivity index (χ0) is 17.9. The molecule has 2 aliphatic rings. The van der Waals surface area contributed by atoms with Crippen molar-refractivity contribution < 1.29 is 13.2 Å². The number of nitrogens with zero attached hydrogens (tertiary/aromatic N) is 4. The Bertz CT molecular complexity index is 694. The zero-order valence-electron chi connectivity index (χ0n) is 14.5. The van der Waals surface area contributed by atoms with Crippen molar-refractivity contribution in [1.29, 1.82) is 0 Å². The van der Waals surface area contributed by atoms with Crippen LogP contribution in [0.3, 0.4) is 0 Å². The topological polar surface area (TPSA) is 102 Å². The summed E-state index contributed by atoms with van der Waals surface area (Å²) in [6, 6.07) is 0. The minimum Gasteiger partial charge on any atom is -0.368 e. The van der Waals surface area contributed by atoms with Crippen molar-refractivity contribution in [3.05, 3.63) is 18.2 Å².